The number of nitrogens with one attached hydrogen (secondary N) is 3. The van der Waals surface area contributed by atoms with Crippen molar-refractivity contribution in [2.24, 2.45) is 5.92 Å². The smallest absolute Gasteiger partial charge is 0.242 e. The van der Waals surface area contributed by atoms with Crippen LogP contribution in [0.3, 0.4) is 0 Å². The number of sulfonamides is 1. The van der Waals surface area contributed by atoms with E-state index >= 15 is 0 Å². The topological polar surface area (TPSA) is 104 Å². The molecular weight excluding hydrogens is 438 g/mol. The summed E-state index contributed by atoms with van der Waals surface area (Å²) in [6.45, 7) is 4.75. The molecule has 3 rings (SSSR count). The molecule has 0 bridgehead atoms. The van der Waals surface area contributed by atoms with Gasteiger partial charge in [0.1, 0.15) is 6.04 Å². The first-order chi connectivity index (χ1) is 15.8. The predicted molar refractivity (Wildman–Crippen MR) is 129 cm³/mol. The molecule has 0 saturated heterocycles. The molecule has 2 aromatic carbocycles. The first-order valence-corrected chi connectivity index (χ1v) is 13.1. The summed E-state index contributed by atoms with van der Waals surface area (Å²) in [6.07, 6.45) is 4.97. The van der Waals surface area contributed by atoms with Crippen molar-refractivity contribution in [1.29, 1.82) is 0 Å². The number of hydrogen-bond acceptors (Lipinski definition) is 4. The van der Waals surface area contributed by atoms with Gasteiger partial charge in [0.25, 0.3) is 0 Å². The Morgan fingerprint density at radius 1 is 1.09 bits per heavy atom. The van der Waals surface area contributed by atoms with Crippen LogP contribution in [-0.2, 0) is 26.0 Å². The minimum atomic E-state index is -3.98. The molecule has 178 valence electrons. The van der Waals surface area contributed by atoms with Crippen molar-refractivity contribution in [3.05, 3.63) is 59.7 Å². The molecule has 8 heteroatoms. The number of fused-ring (bicyclic) bond motifs is 1. The Morgan fingerprint density at radius 3 is 2.55 bits per heavy atom. The second-order valence-corrected chi connectivity index (χ2v) is 10.2. The van der Waals surface area contributed by atoms with E-state index in [-0.39, 0.29) is 16.7 Å². The van der Waals surface area contributed by atoms with E-state index < -0.39 is 16.1 Å². The van der Waals surface area contributed by atoms with E-state index in [4.69, 9.17) is 0 Å². The van der Waals surface area contributed by atoms with E-state index in [0.29, 0.717) is 36.6 Å². The highest BCUT2D eigenvalue weighted by atomic mass is 32.2. The van der Waals surface area contributed by atoms with E-state index in [2.05, 4.69) is 29.2 Å². The highest BCUT2D eigenvalue weighted by Crippen LogP contribution is 2.26. The van der Waals surface area contributed by atoms with Crippen LogP contribution in [0.5, 0.6) is 0 Å². The molecule has 33 heavy (non-hydrogen) atoms. The minimum absolute atomic E-state index is 0.0699. The first kappa shape index (κ1) is 24.9. The van der Waals surface area contributed by atoms with E-state index in [1.807, 2.05) is 6.07 Å². The summed E-state index contributed by atoms with van der Waals surface area (Å²) in [6, 6.07) is 12.4. The van der Waals surface area contributed by atoms with Gasteiger partial charge in [0.05, 0.1) is 4.90 Å². The van der Waals surface area contributed by atoms with Crippen LogP contribution in [0.25, 0.3) is 0 Å². The molecule has 2 aromatic rings. The van der Waals surface area contributed by atoms with E-state index in [9.17, 15) is 18.0 Å². The monoisotopic (exact) mass is 471 g/mol. The Hall–Kier alpha value is -2.71. The molecule has 0 spiro atoms. The quantitative estimate of drug-likeness (QED) is 0.462. The van der Waals surface area contributed by atoms with E-state index in [0.717, 1.165) is 31.2 Å². The standard InChI is InChI=1S/C25H33N3O4S/c1-3-5-9-18(4-2)17-26-25(30)24(19-10-7-6-8-11-19)28-33(31,32)21-13-14-22-20(16-21)12-15-23(29)27-22/h6-8,10-11,13-14,16,18,24,28H,3-5,9,12,15,17H2,1-2H3,(H,26,30)(H,27,29)/t18-,24-/m0/s1. The van der Waals surface area contributed by atoms with Crippen LogP contribution in [0.4, 0.5) is 5.69 Å². The fourth-order valence-corrected chi connectivity index (χ4v) is 5.19. The van der Waals surface area contributed by atoms with Gasteiger partial charge in [0.15, 0.2) is 0 Å². The number of carbonyl (C=O) groups is 2. The Kier molecular flexibility index (Phi) is 8.63. The highest BCUT2D eigenvalue weighted by Gasteiger charge is 2.28. The molecule has 1 aliphatic rings. The molecule has 0 aliphatic carbocycles. The third kappa shape index (κ3) is 6.65. The van der Waals surface area contributed by atoms with Crippen LogP contribution in [0.15, 0.2) is 53.4 Å². The molecule has 7 nitrogen and oxygen atoms in total. The fraction of sp³-hybridized carbons (Fsp3) is 0.440. The SMILES string of the molecule is CCCC[C@H](CC)CNC(=O)[C@@H](NS(=O)(=O)c1ccc2c(c1)CCC(=O)N2)c1ccccc1. The number of aryl methyl sites for hydroxylation is 1. The van der Waals surface area contributed by atoms with Crippen LogP contribution in [-0.4, -0.2) is 26.8 Å². The Bertz CT molecular complexity index is 1070. The van der Waals surface area contributed by atoms with Crippen LogP contribution >= 0.6 is 0 Å². The lowest BCUT2D eigenvalue weighted by atomic mass is 9.99. The predicted octanol–water partition coefficient (Wildman–Crippen LogP) is 3.92. The van der Waals surface area contributed by atoms with Gasteiger partial charge in [-0.25, -0.2) is 8.42 Å². The van der Waals surface area contributed by atoms with Crippen molar-refractivity contribution in [2.45, 2.75) is 63.3 Å². The van der Waals surface area contributed by atoms with Crippen molar-refractivity contribution in [2.75, 3.05) is 11.9 Å². The van der Waals surface area contributed by atoms with Crippen LogP contribution in [0, 0.1) is 5.92 Å². The summed E-state index contributed by atoms with van der Waals surface area (Å²) in [5, 5.41) is 5.71. The number of benzene rings is 2. The van der Waals surface area contributed by atoms with Gasteiger partial charge in [-0.2, -0.15) is 4.72 Å². The van der Waals surface area contributed by atoms with Crippen molar-refractivity contribution >= 4 is 27.5 Å². The minimum Gasteiger partial charge on any atom is -0.354 e. The fourth-order valence-electron chi connectivity index (χ4n) is 3.96. The largest absolute Gasteiger partial charge is 0.354 e. The number of rotatable bonds is 11. The molecule has 1 aliphatic heterocycles. The van der Waals surface area contributed by atoms with Gasteiger partial charge in [-0.3, -0.25) is 9.59 Å². The lowest BCUT2D eigenvalue weighted by molar-refractivity contribution is -0.123. The summed E-state index contributed by atoms with van der Waals surface area (Å²) in [5.41, 5.74) is 1.96. The Balaban J connectivity index is 1.80. The maximum atomic E-state index is 13.2. The number of unbranched alkanes of at least 4 members (excludes halogenated alkanes) is 1. The number of amides is 2. The molecule has 0 radical (unpaired) electrons. The molecule has 1 heterocycles. The zero-order chi connectivity index (χ0) is 23.8. The van der Waals surface area contributed by atoms with Gasteiger partial charge in [-0.15, -0.1) is 0 Å². The van der Waals surface area contributed by atoms with Crippen molar-refractivity contribution in [3.63, 3.8) is 0 Å². The Morgan fingerprint density at radius 2 is 1.85 bits per heavy atom. The molecule has 3 N–H and O–H groups in total. The summed E-state index contributed by atoms with van der Waals surface area (Å²) < 4.78 is 29.1. The molecule has 2 amide bonds. The Labute approximate surface area is 196 Å². The number of anilines is 1. The second-order valence-electron chi connectivity index (χ2n) is 8.49. The average molecular weight is 472 g/mol. The number of hydrogen-bond donors (Lipinski definition) is 3. The molecule has 2 atom stereocenters. The number of carbonyl (C=O) groups excluding carboxylic acids is 2. The van der Waals surface area contributed by atoms with Crippen LogP contribution < -0.4 is 15.4 Å². The normalized spacial score (nSPS) is 15.3. The lowest BCUT2D eigenvalue weighted by Gasteiger charge is -2.22. The summed E-state index contributed by atoms with van der Waals surface area (Å²) in [5.74, 6) is -0.0934. The van der Waals surface area contributed by atoms with Crippen molar-refractivity contribution < 1.29 is 18.0 Å². The van der Waals surface area contributed by atoms with Crippen molar-refractivity contribution in [3.8, 4) is 0 Å². The highest BCUT2D eigenvalue weighted by molar-refractivity contribution is 7.89. The van der Waals surface area contributed by atoms with Gasteiger partial charge in [0, 0.05) is 18.7 Å². The van der Waals surface area contributed by atoms with Gasteiger partial charge < -0.3 is 10.6 Å². The van der Waals surface area contributed by atoms with Gasteiger partial charge in [0.2, 0.25) is 21.8 Å². The molecule has 0 saturated carbocycles. The van der Waals surface area contributed by atoms with E-state index in [1.165, 1.54) is 6.07 Å². The second kappa shape index (κ2) is 11.4. The summed E-state index contributed by atoms with van der Waals surface area (Å²) in [4.78, 5) is 24.8. The van der Waals surface area contributed by atoms with Gasteiger partial charge >= 0.3 is 0 Å². The molecular formula is C25H33N3O4S. The zero-order valence-electron chi connectivity index (χ0n) is 19.3. The van der Waals surface area contributed by atoms with Crippen LogP contribution in [0.2, 0.25) is 0 Å². The molecule has 0 fully saturated rings. The van der Waals surface area contributed by atoms with Gasteiger partial charge in [-0.1, -0.05) is 63.4 Å². The third-order valence-electron chi connectivity index (χ3n) is 6.06. The summed E-state index contributed by atoms with van der Waals surface area (Å²) >= 11 is 0. The molecule has 0 unspecified atom stereocenters. The molecule has 0 aromatic heterocycles. The summed E-state index contributed by atoms with van der Waals surface area (Å²) in [7, 11) is -3.98. The van der Waals surface area contributed by atoms with E-state index in [1.54, 1.807) is 36.4 Å². The van der Waals surface area contributed by atoms with Gasteiger partial charge in [-0.05, 0) is 48.1 Å². The third-order valence-corrected chi connectivity index (χ3v) is 7.48. The van der Waals surface area contributed by atoms with Crippen LogP contribution in [0.1, 0.15) is 63.1 Å². The maximum absolute atomic E-state index is 13.2. The lowest BCUT2D eigenvalue weighted by Crippen LogP contribution is -2.41. The average Bonchev–Trinajstić information content (AvgIpc) is 2.82. The van der Waals surface area contributed by atoms with Crippen molar-refractivity contribution in [1.82, 2.24) is 10.0 Å². The first-order valence-electron chi connectivity index (χ1n) is 11.6. The maximum Gasteiger partial charge on any atom is 0.242 e. The zero-order valence-corrected chi connectivity index (χ0v) is 20.1.